The average Bonchev–Trinajstić information content (AvgIpc) is 2.18. The van der Waals surface area contributed by atoms with Gasteiger partial charge in [-0.3, -0.25) is 0 Å². The maximum atomic E-state index is 5.97. The van der Waals surface area contributed by atoms with Crippen LogP contribution in [0.3, 0.4) is 0 Å². The van der Waals surface area contributed by atoms with Gasteiger partial charge in [-0.1, -0.05) is 34.6 Å². The van der Waals surface area contributed by atoms with Gasteiger partial charge in [-0.25, -0.2) is 0 Å². The summed E-state index contributed by atoms with van der Waals surface area (Å²) in [5, 5.41) is 0. The molecule has 1 fully saturated rings. The molecule has 0 radical (unpaired) electrons. The van der Waals surface area contributed by atoms with Crippen LogP contribution >= 0.6 is 0 Å². The van der Waals surface area contributed by atoms with Gasteiger partial charge in [-0.05, 0) is 24.2 Å². The Balaban J connectivity index is 2.81. The first-order valence-corrected chi connectivity index (χ1v) is 6.21. The zero-order chi connectivity index (χ0) is 11.6. The lowest BCUT2D eigenvalue weighted by Crippen LogP contribution is -2.48. The van der Waals surface area contributed by atoms with E-state index in [2.05, 4.69) is 34.6 Å². The van der Waals surface area contributed by atoms with Crippen molar-refractivity contribution in [2.75, 3.05) is 7.11 Å². The van der Waals surface area contributed by atoms with Crippen LogP contribution in [0.2, 0.25) is 0 Å². The largest absolute Gasteiger partial charge is 0.356 e. The molecule has 0 N–H and O–H groups in total. The van der Waals surface area contributed by atoms with Crippen LogP contribution in [0, 0.1) is 23.7 Å². The van der Waals surface area contributed by atoms with Gasteiger partial charge in [0.1, 0.15) is 0 Å². The molecule has 0 bridgehead atoms. The van der Waals surface area contributed by atoms with E-state index in [-0.39, 0.29) is 6.29 Å². The maximum absolute atomic E-state index is 5.97. The molecule has 0 saturated carbocycles. The SMILES string of the molecule is CCC1OC(OC)[C@@H](C)[C@H](C(C)C)[C@@H]1C. The molecular formula is C13H26O2. The first-order chi connectivity index (χ1) is 7.02. The lowest BCUT2D eigenvalue weighted by Gasteiger charge is -2.46. The number of rotatable bonds is 3. The average molecular weight is 214 g/mol. The number of hydrogen-bond acceptors (Lipinski definition) is 2. The lowest BCUT2D eigenvalue weighted by atomic mass is 9.71. The first kappa shape index (κ1) is 13.0. The predicted molar refractivity (Wildman–Crippen MR) is 62.6 cm³/mol. The lowest BCUT2D eigenvalue weighted by molar-refractivity contribution is -0.245. The van der Waals surface area contributed by atoms with E-state index in [1.165, 1.54) is 0 Å². The highest BCUT2D eigenvalue weighted by atomic mass is 16.7. The van der Waals surface area contributed by atoms with Crippen LogP contribution in [0.25, 0.3) is 0 Å². The minimum absolute atomic E-state index is 0.0152. The van der Waals surface area contributed by atoms with Crippen molar-refractivity contribution >= 4 is 0 Å². The summed E-state index contributed by atoms with van der Waals surface area (Å²) in [5.41, 5.74) is 0. The van der Waals surface area contributed by atoms with Crippen molar-refractivity contribution in [2.24, 2.45) is 23.7 Å². The van der Waals surface area contributed by atoms with Crippen LogP contribution in [-0.2, 0) is 9.47 Å². The Hall–Kier alpha value is -0.0800. The van der Waals surface area contributed by atoms with Crippen LogP contribution < -0.4 is 0 Å². The molecule has 0 spiro atoms. The summed E-state index contributed by atoms with van der Waals surface area (Å²) in [6.45, 7) is 11.4. The molecule has 0 aromatic heterocycles. The predicted octanol–water partition coefficient (Wildman–Crippen LogP) is 3.31. The van der Waals surface area contributed by atoms with Gasteiger partial charge in [-0.2, -0.15) is 0 Å². The smallest absolute Gasteiger partial charge is 0.160 e. The highest BCUT2D eigenvalue weighted by Gasteiger charge is 2.41. The van der Waals surface area contributed by atoms with Crippen molar-refractivity contribution in [2.45, 2.75) is 53.4 Å². The molecule has 0 aromatic rings. The zero-order valence-corrected chi connectivity index (χ0v) is 11.0. The summed E-state index contributed by atoms with van der Waals surface area (Å²) in [4.78, 5) is 0. The Labute approximate surface area is 94.3 Å². The van der Waals surface area contributed by atoms with E-state index in [0.29, 0.717) is 29.8 Å². The van der Waals surface area contributed by atoms with Crippen molar-refractivity contribution in [1.82, 2.24) is 0 Å². The molecule has 5 atom stereocenters. The molecule has 1 heterocycles. The minimum Gasteiger partial charge on any atom is -0.356 e. The van der Waals surface area contributed by atoms with Crippen LogP contribution in [0.4, 0.5) is 0 Å². The van der Waals surface area contributed by atoms with Crippen LogP contribution in [0.15, 0.2) is 0 Å². The van der Waals surface area contributed by atoms with Crippen LogP contribution in [0.1, 0.15) is 41.0 Å². The Kier molecular flexibility index (Phi) is 4.60. The Bertz CT molecular complexity index is 175. The fraction of sp³-hybridized carbons (Fsp3) is 1.00. The second-order valence-corrected chi connectivity index (χ2v) is 5.23. The molecule has 1 aliphatic rings. The van der Waals surface area contributed by atoms with Gasteiger partial charge in [-0.15, -0.1) is 0 Å². The first-order valence-electron chi connectivity index (χ1n) is 6.21. The normalized spacial score (nSPS) is 42.2. The third-order valence-electron chi connectivity index (χ3n) is 3.94. The Morgan fingerprint density at radius 3 is 2.20 bits per heavy atom. The van der Waals surface area contributed by atoms with Crippen LogP contribution in [-0.4, -0.2) is 19.5 Å². The van der Waals surface area contributed by atoms with Gasteiger partial charge in [0, 0.05) is 13.0 Å². The van der Waals surface area contributed by atoms with Gasteiger partial charge < -0.3 is 9.47 Å². The topological polar surface area (TPSA) is 18.5 Å². The summed E-state index contributed by atoms with van der Waals surface area (Å²) >= 11 is 0. The molecule has 90 valence electrons. The molecule has 1 rings (SSSR count). The molecule has 0 amide bonds. The van der Waals surface area contributed by atoms with Gasteiger partial charge in [0.15, 0.2) is 6.29 Å². The monoisotopic (exact) mass is 214 g/mol. The van der Waals surface area contributed by atoms with Crippen LogP contribution in [0.5, 0.6) is 0 Å². The van der Waals surface area contributed by atoms with E-state index in [1.807, 2.05) is 0 Å². The molecule has 0 aromatic carbocycles. The third-order valence-corrected chi connectivity index (χ3v) is 3.94. The second-order valence-electron chi connectivity index (χ2n) is 5.23. The fourth-order valence-electron chi connectivity index (χ4n) is 3.28. The molecule has 1 aliphatic heterocycles. The zero-order valence-electron chi connectivity index (χ0n) is 11.0. The maximum Gasteiger partial charge on any atom is 0.160 e. The molecule has 15 heavy (non-hydrogen) atoms. The number of ether oxygens (including phenoxy) is 2. The van der Waals surface area contributed by atoms with E-state index in [4.69, 9.17) is 9.47 Å². The third kappa shape index (κ3) is 2.54. The summed E-state index contributed by atoms with van der Waals surface area (Å²) in [6.07, 6.45) is 1.42. The molecule has 0 aliphatic carbocycles. The molecule has 2 heteroatoms. The van der Waals surface area contributed by atoms with E-state index in [1.54, 1.807) is 7.11 Å². The summed E-state index contributed by atoms with van der Waals surface area (Å²) in [6, 6.07) is 0. The number of hydrogen-bond donors (Lipinski definition) is 0. The van der Waals surface area contributed by atoms with Gasteiger partial charge in [0.05, 0.1) is 6.10 Å². The minimum atomic E-state index is -0.0152. The van der Waals surface area contributed by atoms with Gasteiger partial charge in [0.2, 0.25) is 0 Å². The quantitative estimate of drug-likeness (QED) is 0.717. The van der Waals surface area contributed by atoms with E-state index in [9.17, 15) is 0 Å². The van der Waals surface area contributed by atoms with Crippen molar-refractivity contribution in [3.63, 3.8) is 0 Å². The van der Waals surface area contributed by atoms with Gasteiger partial charge in [0.25, 0.3) is 0 Å². The Morgan fingerprint density at radius 2 is 1.80 bits per heavy atom. The van der Waals surface area contributed by atoms with E-state index < -0.39 is 0 Å². The van der Waals surface area contributed by atoms with Gasteiger partial charge >= 0.3 is 0 Å². The van der Waals surface area contributed by atoms with Crippen molar-refractivity contribution in [3.8, 4) is 0 Å². The standard InChI is InChI=1S/C13H26O2/c1-7-11-9(4)12(8(2)3)10(5)13(14-6)15-11/h8-13H,7H2,1-6H3/t9-,10+,11?,12-,13?/m1/s1. The van der Waals surface area contributed by atoms with Crippen molar-refractivity contribution in [1.29, 1.82) is 0 Å². The highest BCUT2D eigenvalue weighted by molar-refractivity contribution is 4.86. The van der Waals surface area contributed by atoms with Crippen molar-refractivity contribution in [3.05, 3.63) is 0 Å². The summed E-state index contributed by atoms with van der Waals surface area (Å²) in [5.74, 6) is 2.53. The molecule has 1 saturated heterocycles. The second kappa shape index (κ2) is 5.31. The summed E-state index contributed by atoms with van der Waals surface area (Å²) in [7, 11) is 1.75. The highest BCUT2D eigenvalue weighted by Crippen LogP contribution is 2.40. The van der Waals surface area contributed by atoms with Crippen molar-refractivity contribution < 1.29 is 9.47 Å². The molecule has 2 nitrogen and oxygen atoms in total. The van der Waals surface area contributed by atoms with E-state index in [0.717, 1.165) is 6.42 Å². The van der Waals surface area contributed by atoms with E-state index >= 15 is 0 Å². The Morgan fingerprint density at radius 1 is 1.20 bits per heavy atom. The molecular weight excluding hydrogens is 188 g/mol. The number of methoxy groups -OCH3 is 1. The summed E-state index contributed by atoms with van der Waals surface area (Å²) < 4.78 is 11.4. The fourth-order valence-corrected chi connectivity index (χ4v) is 3.28. The molecule has 2 unspecified atom stereocenters.